The Balaban J connectivity index is 5.93. The van der Waals surface area contributed by atoms with Crippen LogP contribution in [0.1, 0.15) is 20.8 Å². The first kappa shape index (κ1) is 18.7. The molecule has 0 aromatic rings. The Kier molecular flexibility index (Phi) is 5.50. The van der Waals surface area contributed by atoms with E-state index >= 15 is 0 Å². The minimum Gasteiger partial charge on any atom is -0.251 e. The number of nitrogens with two attached hydrogens (primary N) is 3. The summed E-state index contributed by atoms with van der Waals surface area (Å²) in [5, 5.41) is 9.90. The zero-order chi connectivity index (χ0) is 15.8. The molecule has 0 spiro atoms. The molecule has 0 radical (unpaired) electrons. The number of primary sulfonamides is 3. The van der Waals surface area contributed by atoms with Crippen LogP contribution < -0.4 is 15.4 Å². The van der Waals surface area contributed by atoms with Gasteiger partial charge in [0.1, 0.15) is 16.1 Å². The molecule has 6 N–H and O–H groups in total. The van der Waals surface area contributed by atoms with Crippen molar-refractivity contribution in [3.05, 3.63) is 0 Å². The zero-order valence-corrected chi connectivity index (χ0v) is 13.0. The Morgan fingerprint density at radius 1 is 0.632 bits per heavy atom. The summed E-state index contributed by atoms with van der Waals surface area (Å²) in [6.45, 7) is 3.12. The lowest BCUT2D eigenvalue weighted by molar-refractivity contribution is 0.227. The van der Waals surface area contributed by atoms with Gasteiger partial charge in [-0.05, 0) is 20.8 Å². The van der Waals surface area contributed by atoms with Gasteiger partial charge in [-0.25, -0.2) is 40.7 Å². The zero-order valence-electron chi connectivity index (χ0n) is 10.6. The van der Waals surface area contributed by atoms with Gasteiger partial charge >= 0.3 is 0 Å². The van der Waals surface area contributed by atoms with Crippen molar-refractivity contribution in [1.82, 2.24) is 4.90 Å². The third-order valence-electron chi connectivity index (χ3n) is 2.69. The molecule has 19 heavy (non-hydrogen) atoms. The molecular weight excluding hydrogens is 320 g/mol. The van der Waals surface area contributed by atoms with Crippen molar-refractivity contribution >= 4 is 30.1 Å². The molecule has 0 rings (SSSR count). The maximum absolute atomic E-state index is 11.3. The smallest absolute Gasteiger partial charge is 0.225 e. The second-order valence-electron chi connectivity index (χ2n) is 4.01. The van der Waals surface area contributed by atoms with E-state index in [-0.39, 0.29) is 0 Å². The van der Waals surface area contributed by atoms with E-state index in [1.54, 1.807) is 0 Å². The fourth-order valence-electron chi connectivity index (χ4n) is 1.40. The van der Waals surface area contributed by atoms with Gasteiger partial charge in [-0.1, -0.05) is 0 Å². The molecule has 0 aromatic heterocycles. The number of hydrogen-bond acceptors (Lipinski definition) is 7. The molecule has 0 saturated carbocycles. The highest BCUT2D eigenvalue weighted by atomic mass is 32.2. The maximum atomic E-state index is 11.3. The van der Waals surface area contributed by atoms with Gasteiger partial charge in [0.25, 0.3) is 0 Å². The molecule has 0 amide bonds. The first-order valence-corrected chi connectivity index (χ1v) is 9.75. The fourth-order valence-corrected chi connectivity index (χ4v) is 3.74. The molecular formula is C6H18N4O6S3. The summed E-state index contributed by atoms with van der Waals surface area (Å²) in [7, 11) is -12.7. The maximum Gasteiger partial charge on any atom is 0.225 e. The largest absolute Gasteiger partial charge is 0.251 e. The number of hydrogen-bond donors (Lipinski definition) is 3. The molecule has 0 saturated heterocycles. The lowest BCUT2D eigenvalue weighted by atomic mass is 10.5. The van der Waals surface area contributed by atoms with E-state index in [0.717, 1.165) is 20.8 Å². The Hall–Kier alpha value is -0.310. The number of nitrogens with zero attached hydrogens (tertiary/aromatic N) is 1. The van der Waals surface area contributed by atoms with Gasteiger partial charge in [-0.15, -0.1) is 0 Å². The van der Waals surface area contributed by atoms with Crippen molar-refractivity contribution in [3.63, 3.8) is 0 Å². The summed E-state index contributed by atoms with van der Waals surface area (Å²) >= 11 is 0. The Bertz CT molecular complexity index is 534. The quantitative estimate of drug-likeness (QED) is 0.466. The van der Waals surface area contributed by atoms with E-state index in [1.165, 1.54) is 0 Å². The SMILES string of the molecule is CC(N(C(C)S(N)(=O)=O)C(C)S(N)(=O)=O)S(N)(=O)=O. The van der Waals surface area contributed by atoms with E-state index in [0.29, 0.717) is 4.90 Å². The van der Waals surface area contributed by atoms with Crippen molar-refractivity contribution in [2.75, 3.05) is 0 Å². The summed E-state index contributed by atoms with van der Waals surface area (Å²) in [6, 6.07) is 0. The molecule has 0 fully saturated rings. The minimum absolute atomic E-state index is 0.611. The third-order valence-corrected chi connectivity index (χ3v) is 6.27. The van der Waals surface area contributed by atoms with E-state index in [9.17, 15) is 25.3 Å². The van der Waals surface area contributed by atoms with Gasteiger partial charge in [0.05, 0.1) is 0 Å². The van der Waals surface area contributed by atoms with Crippen LogP contribution >= 0.6 is 0 Å². The summed E-state index contributed by atoms with van der Waals surface area (Å²) in [6.07, 6.45) is 0. The monoisotopic (exact) mass is 338 g/mol. The van der Waals surface area contributed by atoms with Crippen molar-refractivity contribution < 1.29 is 25.3 Å². The predicted octanol–water partition coefficient (Wildman–Crippen LogP) is -2.81. The van der Waals surface area contributed by atoms with Crippen molar-refractivity contribution in [2.24, 2.45) is 15.4 Å². The first-order chi connectivity index (χ1) is 8.10. The standard InChI is InChI=1S/C6H18N4O6S3/c1-4(17(7,11)12)10(5(2)18(8,13)14)6(3)19(9,15)16/h4-6H,1-3H3,(H2,7,11,12)(H2,8,13,14)(H2,9,15,16). The van der Waals surface area contributed by atoms with Crippen molar-refractivity contribution in [2.45, 2.75) is 36.9 Å². The molecule has 10 nitrogen and oxygen atoms in total. The van der Waals surface area contributed by atoms with Crippen LogP contribution in [0, 0.1) is 0 Å². The molecule has 0 heterocycles. The lowest BCUT2D eigenvalue weighted by Crippen LogP contribution is -2.57. The van der Waals surface area contributed by atoms with Crippen LogP contribution in [-0.4, -0.2) is 46.3 Å². The van der Waals surface area contributed by atoms with Crippen molar-refractivity contribution in [3.8, 4) is 0 Å². The van der Waals surface area contributed by atoms with Gasteiger partial charge in [-0.2, -0.15) is 0 Å². The van der Waals surface area contributed by atoms with Crippen LogP contribution in [-0.2, 0) is 30.1 Å². The van der Waals surface area contributed by atoms with Gasteiger partial charge in [0, 0.05) is 0 Å². The third kappa shape index (κ3) is 4.94. The van der Waals surface area contributed by atoms with Gasteiger partial charge in [-0.3, -0.25) is 4.90 Å². The molecule has 3 unspecified atom stereocenters. The predicted molar refractivity (Wildman–Crippen MR) is 69.5 cm³/mol. The summed E-state index contributed by atoms with van der Waals surface area (Å²) < 4.78 is 67.8. The van der Waals surface area contributed by atoms with Gasteiger partial charge in [0.15, 0.2) is 0 Å². The summed E-state index contributed by atoms with van der Waals surface area (Å²) in [5.74, 6) is 0. The van der Waals surface area contributed by atoms with Crippen LogP contribution in [0.25, 0.3) is 0 Å². The normalized spacial score (nSPS) is 19.1. The lowest BCUT2D eigenvalue weighted by Gasteiger charge is -2.35. The second-order valence-corrected chi connectivity index (χ2v) is 9.59. The topological polar surface area (TPSA) is 184 Å². The van der Waals surface area contributed by atoms with Gasteiger partial charge in [0.2, 0.25) is 30.1 Å². The summed E-state index contributed by atoms with van der Waals surface area (Å²) in [4.78, 5) is 0.611. The first-order valence-electron chi connectivity index (χ1n) is 4.92. The van der Waals surface area contributed by atoms with E-state index in [4.69, 9.17) is 15.4 Å². The molecule has 3 atom stereocenters. The fraction of sp³-hybridized carbons (Fsp3) is 1.00. The van der Waals surface area contributed by atoms with Crippen LogP contribution in [0.4, 0.5) is 0 Å². The minimum atomic E-state index is -4.23. The molecule has 0 aliphatic carbocycles. The van der Waals surface area contributed by atoms with Crippen LogP contribution in [0.5, 0.6) is 0 Å². The van der Waals surface area contributed by atoms with E-state index in [2.05, 4.69) is 0 Å². The summed E-state index contributed by atoms with van der Waals surface area (Å²) in [5.41, 5.74) is 0. The molecule has 13 heteroatoms. The Morgan fingerprint density at radius 2 is 0.789 bits per heavy atom. The highest BCUT2D eigenvalue weighted by Gasteiger charge is 2.40. The Morgan fingerprint density at radius 3 is 0.895 bits per heavy atom. The average Bonchev–Trinajstić information content (AvgIpc) is 2.13. The molecule has 116 valence electrons. The molecule has 0 aliphatic heterocycles. The number of sulfonamides is 3. The second kappa shape index (κ2) is 5.59. The van der Waals surface area contributed by atoms with Gasteiger partial charge < -0.3 is 0 Å². The van der Waals surface area contributed by atoms with Crippen molar-refractivity contribution in [1.29, 1.82) is 0 Å². The van der Waals surface area contributed by atoms with Crippen LogP contribution in [0.15, 0.2) is 0 Å². The highest BCUT2D eigenvalue weighted by molar-refractivity contribution is 7.91. The van der Waals surface area contributed by atoms with Crippen LogP contribution in [0.2, 0.25) is 0 Å². The van der Waals surface area contributed by atoms with E-state index < -0.39 is 46.2 Å². The molecule has 0 aromatic carbocycles. The highest BCUT2D eigenvalue weighted by Crippen LogP contribution is 2.18. The molecule has 0 aliphatic rings. The average molecular weight is 338 g/mol. The number of rotatable bonds is 6. The molecule has 0 bridgehead atoms. The van der Waals surface area contributed by atoms with Crippen LogP contribution in [0.3, 0.4) is 0 Å². The van der Waals surface area contributed by atoms with E-state index in [1.807, 2.05) is 0 Å². The Labute approximate surface area is 113 Å².